The van der Waals surface area contributed by atoms with E-state index in [1.807, 2.05) is 6.92 Å². The van der Waals surface area contributed by atoms with Crippen LogP contribution in [-0.2, 0) is 29.1 Å². The Balaban J connectivity index is 2.41. The Hall–Kier alpha value is -2.94. The number of benzene rings is 1. The summed E-state index contributed by atoms with van der Waals surface area (Å²) >= 11 is 0. The molecule has 132 valence electrons. The molecule has 1 aromatic heterocycles. The van der Waals surface area contributed by atoms with Gasteiger partial charge >= 0.3 is 11.9 Å². The minimum atomic E-state index is -3.83. The summed E-state index contributed by atoms with van der Waals surface area (Å²) in [5.41, 5.74) is 0.610. The third-order valence-corrected chi connectivity index (χ3v) is 4.90. The topological polar surface area (TPSA) is 105 Å². The highest BCUT2D eigenvalue weighted by molar-refractivity contribution is 7.90. The molecule has 0 aliphatic carbocycles. The maximum absolute atomic E-state index is 12.5. The standard InChI is InChI=1S/C16H16N2O6S/c1-11-4-6-13(7-5-11)25(21,22)18-9-12(17-10-18)8-14(15(19)23-2)16(20)24-3/h4-10H,1-3H3. The lowest BCUT2D eigenvalue weighted by Gasteiger charge is -2.05. The SMILES string of the molecule is COC(=O)C(=Cc1cn(S(=O)(=O)c2ccc(C)cc2)cn1)C(=O)OC. The summed E-state index contributed by atoms with van der Waals surface area (Å²) in [5.74, 6) is -1.83. The van der Waals surface area contributed by atoms with Gasteiger partial charge in [0.1, 0.15) is 11.9 Å². The third-order valence-electron chi connectivity index (χ3n) is 3.28. The van der Waals surface area contributed by atoms with E-state index in [4.69, 9.17) is 0 Å². The number of aryl methyl sites for hydroxylation is 1. The second-order valence-corrected chi connectivity index (χ2v) is 6.83. The van der Waals surface area contributed by atoms with Gasteiger partial charge in [-0.3, -0.25) is 0 Å². The van der Waals surface area contributed by atoms with Crippen molar-refractivity contribution in [1.82, 2.24) is 8.96 Å². The molecule has 0 aliphatic rings. The number of rotatable bonds is 5. The summed E-state index contributed by atoms with van der Waals surface area (Å²) < 4.78 is 35.0. The quantitative estimate of drug-likeness (QED) is 0.339. The second-order valence-electron chi connectivity index (χ2n) is 4.99. The largest absolute Gasteiger partial charge is 0.465 e. The Kier molecular flexibility index (Phi) is 5.38. The summed E-state index contributed by atoms with van der Waals surface area (Å²) in [6, 6.07) is 6.32. The molecule has 1 aromatic carbocycles. The molecule has 0 amide bonds. The molecule has 0 saturated heterocycles. The smallest absolute Gasteiger partial charge is 0.345 e. The van der Waals surface area contributed by atoms with E-state index in [9.17, 15) is 18.0 Å². The van der Waals surface area contributed by atoms with E-state index >= 15 is 0 Å². The molecule has 0 atom stereocenters. The molecule has 0 N–H and O–H groups in total. The average Bonchev–Trinajstić information content (AvgIpc) is 3.08. The van der Waals surface area contributed by atoms with Crippen LogP contribution in [0.3, 0.4) is 0 Å². The van der Waals surface area contributed by atoms with Gasteiger partial charge in [-0.15, -0.1) is 0 Å². The Bertz CT molecular complexity index is 908. The molecule has 0 fully saturated rings. The number of ether oxygens (including phenoxy) is 2. The van der Waals surface area contributed by atoms with Crippen molar-refractivity contribution in [3.05, 3.63) is 53.6 Å². The summed E-state index contributed by atoms with van der Waals surface area (Å²) in [4.78, 5) is 27.2. The van der Waals surface area contributed by atoms with Crippen LogP contribution in [0, 0.1) is 6.92 Å². The molecule has 8 nitrogen and oxygen atoms in total. The molecule has 25 heavy (non-hydrogen) atoms. The number of carbonyl (C=O) groups excluding carboxylic acids is 2. The van der Waals surface area contributed by atoms with Crippen molar-refractivity contribution in [3.8, 4) is 0 Å². The van der Waals surface area contributed by atoms with Crippen molar-refractivity contribution in [3.63, 3.8) is 0 Å². The number of nitrogens with zero attached hydrogens (tertiary/aromatic N) is 2. The van der Waals surface area contributed by atoms with Crippen LogP contribution in [0.1, 0.15) is 11.3 Å². The lowest BCUT2D eigenvalue weighted by atomic mass is 10.2. The zero-order valence-electron chi connectivity index (χ0n) is 13.8. The summed E-state index contributed by atoms with van der Waals surface area (Å²) in [5, 5.41) is 0. The molecule has 0 bridgehead atoms. The fourth-order valence-electron chi connectivity index (χ4n) is 1.93. The van der Waals surface area contributed by atoms with Crippen LogP contribution in [0.2, 0.25) is 0 Å². The summed E-state index contributed by atoms with van der Waals surface area (Å²) in [6.45, 7) is 1.84. The molecule has 2 aromatic rings. The fourth-order valence-corrected chi connectivity index (χ4v) is 3.07. The number of imidazole rings is 1. The van der Waals surface area contributed by atoms with Gasteiger partial charge in [0.15, 0.2) is 0 Å². The van der Waals surface area contributed by atoms with Crippen molar-refractivity contribution in [2.45, 2.75) is 11.8 Å². The molecule has 0 radical (unpaired) electrons. The Morgan fingerprint density at radius 3 is 2.16 bits per heavy atom. The Morgan fingerprint density at radius 2 is 1.64 bits per heavy atom. The van der Waals surface area contributed by atoms with Gasteiger partial charge in [0, 0.05) is 6.20 Å². The van der Waals surface area contributed by atoms with E-state index in [1.54, 1.807) is 12.1 Å². The number of carbonyl (C=O) groups is 2. The van der Waals surface area contributed by atoms with Gasteiger partial charge in [-0.05, 0) is 25.1 Å². The van der Waals surface area contributed by atoms with E-state index < -0.39 is 27.5 Å². The minimum Gasteiger partial charge on any atom is -0.465 e. The van der Waals surface area contributed by atoms with Crippen LogP contribution in [-0.4, -0.2) is 43.5 Å². The monoisotopic (exact) mass is 364 g/mol. The van der Waals surface area contributed by atoms with E-state index in [2.05, 4.69) is 14.5 Å². The number of aromatic nitrogens is 2. The van der Waals surface area contributed by atoms with Gasteiger partial charge in [-0.2, -0.15) is 0 Å². The molecule has 9 heteroatoms. The number of esters is 2. The second kappa shape index (κ2) is 7.31. The van der Waals surface area contributed by atoms with Crippen molar-refractivity contribution in [2.24, 2.45) is 0 Å². The van der Waals surface area contributed by atoms with Crippen LogP contribution in [0.4, 0.5) is 0 Å². The zero-order valence-corrected chi connectivity index (χ0v) is 14.6. The third kappa shape index (κ3) is 3.94. The molecule has 0 spiro atoms. The lowest BCUT2D eigenvalue weighted by Crippen LogP contribution is -2.15. The summed E-state index contributed by atoms with van der Waals surface area (Å²) in [6.07, 6.45) is 3.35. The van der Waals surface area contributed by atoms with E-state index in [0.29, 0.717) is 0 Å². The van der Waals surface area contributed by atoms with Crippen LogP contribution in [0.25, 0.3) is 6.08 Å². The van der Waals surface area contributed by atoms with E-state index in [-0.39, 0.29) is 10.6 Å². The molecule has 1 heterocycles. The van der Waals surface area contributed by atoms with Gasteiger partial charge in [0.05, 0.1) is 24.8 Å². The zero-order chi connectivity index (χ0) is 18.6. The van der Waals surface area contributed by atoms with Crippen LogP contribution in [0.5, 0.6) is 0 Å². The van der Waals surface area contributed by atoms with Crippen molar-refractivity contribution in [1.29, 1.82) is 0 Å². The predicted octanol–water partition coefficient (Wildman–Crippen LogP) is 1.16. The normalized spacial score (nSPS) is 10.8. The molecular formula is C16H16N2O6S. The highest BCUT2D eigenvalue weighted by Gasteiger charge is 2.21. The maximum atomic E-state index is 12.5. The highest BCUT2D eigenvalue weighted by atomic mass is 32.2. The lowest BCUT2D eigenvalue weighted by molar-refractivity contribution is -0.143. The van der Waals surface area contributed by atoms with Crippen LogP contribution in [0.15, 0.2) is 47.3 Å². The first-order chi connectivity index (χ1) is 11.8. The van der Waals surface area contributed by atoms with Gasteiger partial charge < -0.3 is 9.47 Å². The molecule has 0 aliphatic heterocycles. The molecular weight excluding hydrogens is 348 g/mol. The van der Waals surface area contributed by atoms with Gasteiger partial charge in [0.25, 0.3) is 10.0 Å². The number of hydrogen-bond acceptors (Lipinski definition) is 7. The van der Waals surface area contributed by atoms with E-state index in [0.717, 1.165) is 36.2 Å². The minimum absolute atomic E-state index is 0.0847. The number of hydrogen-bond donors (Lipinski definition) is 0. The maximum Gasteiger partial charge on any atom is 0.345 e. The van der Waals surface area contributed by atoms with Gasteiger partial charge in [0.2, 0.25) is 0 Å². The van der Waals surface area contributed by atoms with Crippen molar-refractivity contribution in [2.75, 3.05) is 14.2 Å². The Labute approximate surface area is 144 Å². The van der Waals surface area contributed by atoms with Crippen LogP contribution < -0.4 is 0 Å². The molecule has 0 unspecified atom stereocenters. The van der Waals surface area contributed by atoms with Gasteiger partial charge in [-0.25, -0.2) is 27.0 Å². The Morgan fingerprint density at radius 1 is 1.08 bits per heavy atom. The molecule has 2 rings (SSSR count). The average molecular weight is 364 g/mol. The van der Waals surface area contributed by atoms with E-state index in [1.165, 1.54) is 18.3 Å². The first-order valence-corrected chi connectivity index (χ1v) is 8.48. The number of methoxy groups -OCH3 is 2. The first-order valence-electron chi connectivity index (χ1n) is 7.04. The first kappa shape index (κ1) is 18.4. The summed E-state index contributed by atoms with van der Waals surface area (Å²) in [7, 11) is -1.61. The predicted molar refractivity (Wildman–Crippen MR) is 88.0 cm³/mol. The van der Waals surface area contributed by atoms with Crippen molar-refractivity contribution >= 4 is 28.0 Å². The van der Waals surface area contributed by atoms with Crippen LogP contribution >= 0.6 is 0 Å². The highest BCUT2D eigenvalue weighted by Crippen LogP contribution is 2.16. The molecule has 0 saturated carbocycles. The van der Waals surface area contributed by atoms with Crippen molar-refractivity contribution < 1.29 is 27.5 Å². The fraction of sp³-hybridized carbons (Fsp3) is 0.188. The van der Waals surface area contributed by atoms with Gasteiger partial charge in [-0.1, -0.05) is 17.7 Å².